The maximum Gasteiger partial charge on any atom is 0.364 e. The normalized spacial score (nSPS) is 14.9. The second-order valence-corrected chi connectivity index (χ2v) is 2.21. The average Bonchev–Trinajstić information content (AvgIpc) is 1.87. The number of hydrogen-bond donors (Lipinski definition) is 1. The van der Waals surface area contributed by atoms with Gasteiger partial charge in [-0.3, -0.25) is 0 Å². The number of halogens is 1. The molecule has 1 atom stereocenters. The zero-order chi connectivity index (χ0) is 8.15. The van der Waals surface area contributed by atoms with E-state index in [1.807, 2.05) is 6.92 Å². The number of carbonyl (C=O) groups is 1. The van der Waals surface area contributed by atoms with Gasteiger partial charge in [-0.1, -0.05) is 13.8 Å². The third kappa shape index (κ3) is 3.22. The Hall–Kier alpha value is -0.860. The van der Waals surface area contributed by atoms with E-state index in [1.165, 1.54) is 0 Å². The van der Waals surface area contributed by atoms with Crippen LogP contribution in [0.25, 0.3) is 0 Å². The lowest BCUT2D eigenvalue weighted by atomic mass is 10.1. The highest BCUT2D eigenvalue weighted by Crippen LogP contribution is 2.07. The fraction of sp³-hybridized carbons (Fsp3) is 0.571. The summed E-state index contributed by atoms with van der Waals surface area (Å²) in [7, 11) is 0. The number of carboxylic acid groups (broad SMARTS) is 1. The van der Waals surface area contributed by atoms with Gasteiger partial charge in [-0.2, -0.15) is 4.39 Å². The van der Waals surface area contributed by atoms with Crippen molar-refractivity contribution in [3.05, 3.63) is 11.9 Å². The van der Waals surface area contributed by atoms with Crippen molar-refractivity contribution in [2.75, 3.05) is 0 Å². The molecule has 0 rings (SSSR count). The van der Waals surface area contributed by atoms with E-state index < -0.39 is 11.8 Å². The van der Waals surface area contributed by atoms with Gasteiger partial charge in [0.1, 0.15) is 0 Å². The molecule has 1 unspecified atom stereocenters. The predicted octanol–water partition coefficient (Wildman–Crippen LogP) is 1.97. The van der Waals surface area contributed by atoms with Gasteiger partial charge < -0.3 is 5.11 Å². The van der Waals surface area contributed by atoms with E-state index in [0.29, 0.717) is 0 Å². The van der Waals surface area contributed by atoms with E-state index in [9.17, 15) is 9.18 Å². The van der Waals surface area contributed by atoms with E-state index >= 15 is 0 Å². The van der Waals surface area contributed by atoms with E-state index in [1.54, 1.807) is 6.92 Å². The third-order valence-corrected chi connectivity index (χ3v) is 1.28. The Morgan fingerprint density at radius 3 is 2.60 bits per heavy atom. The van der Waals surface area contributed by atoms with Gasteiger partial charge in [0.15, 0.2) is 0 Å². The van der Waals surface area contributed by atoms with Crippen molar-refractivity contribution in [1.82, 2.24) is 0 Å². The lowest BCUT2D eigenvalue weighted by molar-refractivity contribution is -0.134. The maximum absolute atomic E-state index is 12.2. The molecular weight excluding hydrogens is 135 g/mol. The van der Waals surface area contributed by atoms with Gasteiger partial charge in [0.25, 0.3) is 0 Å². The molecule has 0 spiro atoms. The van der Waals surface area contributed by atoms with E-state index in [-0.39, 0.29) is 5.92 Å². The van der Waals surface area contributed by atoms with Crippen LogP contribution in [0, 0.1) is 5.92 Å². The monoisotopic (exact) mass is 146 g/mol. The van der Waals surface area contributed by atoms with Crippen molar-refractivity contribution in [3.63, 3.8) is 0 Å². The van der Waals surface area contributed by atoms with Crippen LogP contribution in [-0.2, 0) is 4.79 Å². The van der Waals surface area contributed by atoms with Gasteiger partial charge in [-0.15, -0.1) is 0 Å². The van der Waals surface area contributed by atoms with Crippen LogP contribution in [0.3, 0.4) is 0 Å². The number of carboxylic acids is 1. The molecule has 0 aromatic carbocycles. The SMILES string of the molecule is CCC(C)/C=C(/F)C(=O)O. The van der Waals surface area contributed by atoms with Crippen molar-refractivity contribution >= 4 is 5.97 Å². The van der Waals surface area contributed by atoms with Crippen LogP contribution in [0.2, 0.25) is 0 Å². The van der Waals surface area contributed by atoms with Gasteiger partial charge in [0, 0.05) is 0 Å². The molecule has 2 nitrogen and oxygen atoms in total. The smallest absolute Gasteiger partial charge is 0.364 e. The fourth-order valence-corrected chi connectivity index (χ4v) is 0.439. The first kappa shape index (κ1) is 9.14. The highest BCUT2D eigenvalue weighted by Gasteiger charge is 2.05. The molecule has 1 N–H and O–H groups in total. The average molecular weight is 146 g/mol. The summed E-state index contributed by atoms with van der Waals surface area (Å²) in [6.45, 7) is 3.64. The first-order valence-corrected chi connectivity index (χ1v) is 3.18. The quantitative estimate of drug-likeness (QED) is 0.618. The summed E-state index contributed by atoms with van der Waals surface area (Å²) >= 11 is 0. The fourth-order valence-electron chi connectivity index (χ4n) is 0.439. The van der Waals surface area contributed by atoms with Crippen molar-refractivity contribution in [3.8, 4) is 0 Å². The largest absolute Gasteiger partial charge is 0.476 e. The Labute approximate surface area is 59.4 Å². The molecule has 0 fully saturated rings. The number of allylic oxidation sites excluding steroid dienone is 1. The number of hydrogen-bond acceptors (Lipinski definition) is 1. The van der Waals surface area contributed by atoms with Crippen LogP contribution in [0.15, 0.2) is 11.9 Å². The molecule has 0 aromatic heterocycles. The minimum Gasteiger partial charge on any atom is -0.476 e. The van der Waals surface area contributed by atoms with Gasteiger partial charge in [0.05, 0.1) is 0 Å². The van der Waals surface area contributed by atoms with Crippen LogP contribution in [-0.4, -0.2) is 11.1 Å². The van der Waals surface area contributed by atoms with Crippen LogP contribution in [0.5, 0.6) is 0 Å². The molecule has 0 aliphatic heterocycles. The Kier molecular flexibility index (Phi) is 3.69. The Morgan fingerprint density at radius 1 is 1.80 bits per heavy atom. The van der Waals surface area contributed by atoms with Crippen molar-refractivity contribution in [1.29, 1.82) is 0 Å². The van der Waals surface area contributed by atoms with Crippen molar-refractivity contribution < 1.29 is 14.3 Å². The van der Waals surface area contributed by atoms with Crippen molar-refractivity contribution in [2.45, 2.75) is 20.3 Å². The second kappa shape index (κ2) is 4.04. The molecule has 0 aromatic rings. The minimum absolute atomic E-state index is 0.00361. The summed E-state index contributed by atoms with van der Waals surface area (Å²) in [5, 5.41) is 8.08. The molecule has 0 heterocycles. The predicted molar refractivity (Wildman–Crippen MR) is 36.3 cm³/mol. The first-order chi connectivity index (χ1) is 4.57. The van der Waals surface area contributed by atoms with Gasteiger partial charge in [-0.05, 0) is 18.4 Å². The molecular formula is C7H11FO2. The molecule has 0 amide bonds. The molecule has 0 saturated heterocycles. The van der Waals surface area contributed by atoms with Crippen LogP contribution < -0.4 is 0 Å². The summed E-state index contributed by atoms with van der Waals surface area (Å²) in [5.74, 6) is -2.55. The number of aliphatic carboxylic acids is 1. The standard InChI is InChI=1S/C7H11FO2/c1-3-5(2)4-6(8)7(9)10/h4-5H,3H2,1-2H3,(H,9,10)/b6-4+. The third-order valence-electron chi connectivity index (χ3n) is 1.28. The molecule has 3 heteroatoms. The summed E-state index contributed by atoms with van der Waals surface area (Å²) in [6, 6.07) is 0. The molecule has 58 valence electrons. The summed E-state index contributed by atoms with van der Waals surface area (Å²) in [4.78, 5) is 9.91. The molecule has 0 bridgehead atoms. The Bertz CT molecular complexity index is 152. The van der Waals surface area contributed by atoms with Crippen LogP contribution >= 0.6 is 0 Å². The maximum atomic E-state index is 12.2. The minimum atomic E-state index is -1.49. The molecule has 10 heavy (non-hydrogen) atoms. The zero-order valence-electron chi connectivity index (χ0n) is 6.10. The van der Waals surface area contributed by atoms with E-state index in [2.05, 4.69) is 0 Å². The molecule has 0 aliphatic carbocycles. The lowest BCUT2D eigenvalue weighted by Gasteiger charge is -1.98. The van der Waals surface area contributed by atoms with Crippen LogP contribution in [0.1, 0.15) is 20.3 Å². The molecule has 0 aliphatic rings. The second-order valence-electron chi connectivity index (χ2n) is 2.21. The summed E-state index contributed by atoms with van der Waals surface area (Å²) in [5.41, 5.74) is 0. The van der Waals surface area contributed by atoms with Gasteiger partial charge in [0.2, 0.25) is 5.83 Å². The zero-order valence-corrected chi connectivity index (χ0v) is 6.10. The first-order valence-electron chi connectivity index (χ1n) is 3.18. The number of rotatable bonds is 3. The highest BCUT2D eigenvalue weighted by atomic mass is 19.1. The lowest BCUT2D eigenvalue weighted by Crippen LogP contribution is -1.97. The van der Waals surface area contributed by atoms with E-state index in [0.717, 1.165) is 12.5 Å². The summed E-state index contributed by atoms with van der Waals surface area (Å²) in [6.07, 6.45) is 1.86. The Morgan fingerprint density at radius 2 is 2.30 bits per heavy atom. The van der Waals surface area contributed by atoms with Crippen molar-refractivity contribution in [2.24, 2.45) is 5.92 Å². The summed E-state index contributed by atoms with van der Waals surface area (Å²) < 4.78 is 12.2. The van der Waals surface area contributed by atoms with Gasteiger partial charge in [-0.25, -0.2) is 4.79 Å². The topological polar surface area (TPSA) is 37.3 Å². The van der Waals surface area contributed by atoms with Gasteiger partial charge >= 0.3 is 5.97 Å². The Balaban J connectivity index is 4.02. The van der Waals surface area contributed by atoms with E-state index in [4.69, 9.17) is 5.11 Å². The highest BCUT2D eigenvalue weighted by molar-refractivity contribution is 5.83. The molecule has 0 radical (unpaired) electrons. The molecule has 0 saturated carbocycles. The van der Waals surface area contributed by atoms with Crippen LogP contribution in [0.4, 0.5) is 4.39 Å².